The van der Waals surface area contributed by atoms with Crippen molar-refractivity contribution in [3.63, 3.8) is 0 Å². The molecule has 0 radical (unpaired) electrons. The van der Waals surface area contributed by atoms with Gasteiger partial charge in [-0.3, -0.25) is 0 Å². The quantitative estimate of drug-likeness (QED) is 0.0273. The van der Waals surface area contributed by atoms with Gasteiger partial charge in [0.2, 0.25) is 0 Å². The minimum Gasteiger partial charge on any atom is -0.494 e. The van der Waals surface area contributed by atoms with Crippen molar-refractivity contribution in [2.24, 2.45) is 0 Å². The first-order chi connectivity index (χ1) is 32.4. The van der Waals surface area contributed by atoms with Crippen LogP contribution in [0.1, 0.15) is 154 Å². The van der Waals surface area contributed by atoms with Gasteiger partial charge in [-0.05, 0) is 121 Å². The van der Waals surface area contributed by atoms with E-state index in [4.69, 9.17) is 23.7 Å². The van der Waals surface area contributed by atoms with E-state index in [1.165, 1.54) is 88.4 Å². The summed E-state index contributed by atoms with van der Waals surface area (Å²) < 4.78 is 29.6. The summed E-state index contributed by atoms with van der Waals surface area (Å²) in [7, 11) is 0. The van der Waals surface area contributed by atoms with E-state index < -0.39 is 11.9 Å². The van der Waals surface area contributed by atoms with E-state index in [9.17, 15) is 14.4 Å². The number of thiophene rings is 1. The molecule has 8 nitrogen and oxygen atoms in total. The zero-order valence-electron chi connectivity index (χ0n) is 39.1. The van der Waals surface area contributed by atoms with Crippen LogP contribution >= 0.6 is 11.3 Å². The fraction of sp³-hybridized carbons (Fsp3) is 0.386. The van der Waals surface area contributed by atoms with E-state index in [0.29, 0.717) is 40.7 Å². The van der Waals surface area contributed by atoms with Crippen LogP contribution in [-0.4, -0.2) is 37.7 Å². The first kappa shape index (κ1) is 49.5. The van der Waals surface area contributed by atoms with E-state index in [1.807, 2.05) is 66.7 Å². The lowest BCUT2D eigenvalue weighted by atomic mass is 9.96. The Bertz CT molecular complexity index is 2240. The first-order valence-corrected chi connectivity index (χ1v) is 25.0. The second-order valence-corrected chi connectivity index (χ2v) is 17.8. The molecular formula is C57H66O8S. The normalized spacial score (nSPS) is 11.1. The lowest BCUT2D eigenvalue weighted by Crippen LogP contribution is -2.08. The second-order valence-electron chi connectivity index (χ2n) is 16.8. The van der Waals surface area contributed by atoms with Crippen molar-refractivity contribution in [2.45, 2.75) is 124 Å². The number of ether oxygens (including phenoxy) is 5. The maximum absolute atomic E-state index is 13.1. The molecule has 0 saturated heterocycles. The highest BCUT2D eigenvalue weighted by atomic mass is 32.1. The fourth-order valence-electron chi connectivity index (χ4n) is 7.87. The molecule has 9 heteroatoms. The van der Waals surface area contributed by atoms with Crippen LogP contribution in [0.25, 0.3) is 32.3 Å². The summed E-state index contributed by atoms with van der Waals surface area (Å²) in [4.78, 5) is 39.6. The van der Waals surface area contributed by atoms with Gasteiger partial charge in [0, 0.05) is 10.1 Å². The summed E-state index contributed by atoms with van der Waals surface area (Å²) >= 11 is 1.37. The molecule has 0 atom stereocenters. The molecule has 0 amide bonds. The summed E-state index contributed by atoms with van der Waals surface area (Å²) in [5.74, 6) is 1.02. The van der Waals surface area contributed by atoms with Gasteiger partial charge in [-0.25, -0.2) is 14.4 Å². The lowest BCUT2D eigenvalue weighted by molar-refractivity contribution is 0.0531. The third kappa shape index (κ3) is 15.1. The Morgan fingerprint density at radius 1 is 0.424 bits per heavy atom. The molecular weight excluding hydrogens is 845 g/mol. The molecule has 6 aromatic rings. The first-order valence-electron chi connectivity index (χ1n) is 24.2. The summed E-state index contributed by atoms with van der Waals surface area (Å²) in [5.41, 5.74) is 4.49. The average molecular weight is 911 g/mol. The molecule has 0 aliphatic carbocycles. The van der Waals surface area contributed by atoms with Crippen molar-refractivity contribution in [1.82, 2.24) is 0 Å². The Kier molecular flexibility index (Phi) is 20.2. The number of carbonyl (C=O) groups excluding carboxylic acids is 3. The zero-order valence-corrected chi connectivity index (χ0v) is 39.9. The Hall–Kier alpha value is -5.93. The van der Waals surface area contributed by atoms with Gasteiger partial charge in [-0.15, -0.1) is 11.3 Å². The van der Waals surface area contributed by atoms with Crippen LogP contribution in [0.2, 0.25) is 0 Å². The number of rotatable bonds is 28. The molecule has 1 aromatic heterocycles. The number of hydrogen-bond acceptors (Lipinski definition) is 9. The standard InChI is InChI=1S/C57H66O8S/c1-4-7-9-11-13-15-17-19-39-62-46-29-25-44(26-30-46)55(58)64-48-33-21-42(22-34-48)50-37-38-51(54-52(50)41-53(66-54)57(60)61-6-3)43-23-35-49(36-24-43)65-56(59)45-27-31-47(32-28-45)63-40-20-18-16-14-12-10-8-5-2/h21-38,41H,4-20,39-40H2,1-3H3. The number of unbranched alkanes of at least 4 members (excludes halogenated alkanes) is 14. The molecule has 5 aromatic carbocycles. The van der Waals surface area contributed by atoms with Crippen LogP contribution in [0.5, 0.6) is 23.0 Å². The van der Waals surface area contributed by atoms with E-state index in [0.717, 1.165) is 69.5 Å². The Morgan fingerprint density at radius 2 is 0.818 bits per heavy atom. The van der Waals surface area contributed by atoms with Gasteiger partial charge in [-0.2, -0.15) is 0 Å². The molecule has 0 bridgehead atoms. The van der Waals surface area contributed by atoms with Crippen LogP contribution in [0.3, 0.4) is 0 Å². The third-order valence-electron chi connectivity index (χ3n) is 11.6. The zero-order chi connectivity index (χ0) is 46.4. The monoisotopic (exact) mass is 910 g/mol. The molecule has 0 aliphatic rings. The van der Waals surface area contributed by atoms with E-state index in [2.05, 4.69) is 13.8 Å². The predicted molar refractivity (Wildman–Crippen MR) is 268 cm³/mol. The van der Waals surface area contributed by atoms with E-state index >= 15 is 0 Å². The SMILES string of the molecule is CCCCCCCCCCOc1ccc(C(=O)Oc2ccc(-c3ccc(-c4ccc(OC(=O)c5ccc(OCCCCCCCCCC)cc5)cc4)c4sc(C(=O)OCC)cc34)cc2)cc1. The van der Waals surface area contributed by atoms with Crippen LogP contribution in [0.15, 0.2) is 115 Å². The van der Waals surface area contributed by atoms with E-state index in [-0.39, 0.29) is 12.6 Å². The van der Waals surface area contributed by atoms with Crippen molar-refractivity contribution < 1.29 is 38.1 Å². The topological polar surface area (TPSA) is 97.4 Å². The molecule has 348 valence electrons. The van der Waals surface area contributed by atoms with Crippen LogP contribution in [0.4, 0.5) is 0 Å². The van der Waals surface area contributed by atoms with Crippen molar-refractivity contribution in [3.05, 3.63) is 131 Å². The van der Waals surface area contributed by atoms with Crippen LogP contribution in [0, 0.1) is 0 Å². The van der Waals surface area contributed by atoms with Crippen molar-refractivity contribution in [2.75, 3.05) is 19.8 Å². The Labute approximate surface area is 395 Å². The molecule has 0 saturated carbocycles. The number of esters is 3. The largest absolute Gasteiger partial charge is 0.494 e. The fourth-order valence-corrected chi connectivity index (χ4v) is 8.98. The molecule has 6 rings (SSSR count). The molecule has 0 fully saturated rings. The van der Waals surface area contributed by atoms with Crippen LogP contribution < -0.4 is 18.9 Å². The Morgan fingerprint density at radius 3 is 1.26 bits per heavy atom. The minimum absolute atomic E-state index is 0.266. The molecule has 1 heterocycles. The number of fused-ring (bicyclic) bond motifs is 1. The predicted octanol–water partition coefficient (Wildman–Crippen LogP) is 15.9. The molecule has 0 spiro atoms. The molecule has 0 aliphatic heterocycles. The summed E-state index contributed by atoms with van der Waals surface area (Å²) in [6.07, 6.45) is 19.9. The Balaban J connectivity index is 1.04. The lowest BCUT2D eigenvalue weighted by Gasteiger charge is -2.11. The van der Waals surface area contributed by atoms with Crippen molar-refractivity contribution in [1.29, 1.82) is 0 Å². The number of benzene rings is 5. The smallest absolute Gasteiger partial charge is 0.348 e. The molecule has 66 heavy (non-hydrogen) atoms. The number of hydrogen-bond donors (Lipinski definition) is 0. The third-order valence-corrected chi connectivity index (χ3v) is 12.8. The van der Waals surface area contributed by atoms with Crippen molar-refractivity contribution >= 4 is 39.3 Å². The summed E-state index contributed by atoms with van der Waals surface area (Å²) in [6, 6.07) is 34.8. The van der Waals surface area contributed by atoms with Gasteiger partial charge >= 0.3 is 17.9 Å². The maximum atomic E-state index is 13.1. The van der Waals surface area contributed by atoms with Gasteiger partial charge in [0.1, 0.15) is 27.9 Å². The van der Waals surface area contributed by atoms with Gasteiger partial charge < -0.3 is 23.7 Å². The highest BCUT2D eigenvalue weighted by Crippen LogP contribution is 2.41. The van der Waals surface area contributed by atoms with Gasteiger partial charge in [0.05, 0.1) is 30.9 Å². The van der Waals surface area contributed by atoms with Crippen molar-refractivity contribution in [3.8, 4) is 45.3 Å². The summed E-state index contributed by atoms with van der Waals surface area (Å²) in [5, 5.41) is 0.885. The van der Waals surface area contributed by atoms with Gasteiger partial charge in [0.25, 0.3) is 0 Å². The maximum Gasteiger partial charge on any atom is 0.348 e. The molecule has 0 N–H and O–H groups in total. The van der Waals surface area contributed by atoms with E-state index in [1.54, 1.807) is 55.5 Å². The summed E-state index contributed by atoms with van der Waals surface area (Å²) in [6.45, 7) is 7.85. The van der Waals surface area contributed by atoms with Gasteiger partial charge in [0.15, 0.2) is 0 Å². The second kappa shape index (κ2) is 26.9. The highest BCUT2D eigenvalue weighted by Gasteiger charge is 2.19. The van der Waals surface area contributed by atoms with Crippen LogP contribution in [-0.2, 0) is 4.74 Å². The van der Waals surface area contributed by atoms with Gasteiger partial charge in [-0.1, -0.05) is 140 Å². The minimum atomic E-state index is -0.453. The average Bonchev–Trinajstić information content (AvgIpc) is 3.80. The number of carbonyl (C=O) groups is 3. The molecule has 0 unspecified atom stereocenters. The highest BCUT2D eigenvalue weighted by molar-refractivity contribution is 7.21.